The first-order valence-corrected chi connectivity index (χ1v) is 9.96. The number of hydrogen-bond acceptors (Lipinski definition) is 2. The van der Waals surface area contributed by atoms with Crippen LogP contribution in [0.4, 0.5) is 0 Å². The fraction of sp³-hybridized carbons (Fsp3) is 0.950. The average molecular weight is 431 g/mol. The van der Waals surface area contributed by atoms with Gasteiger partial charge in [-0.25, -0.2) is 0 Å². The van der Waals surface area contributed by atoms with Gasteiger partial charge in [0, 0.05) is 30.3 Å². The summed E-state index contributed by atoms with van der Waals surface area (Å²) in [4.78, 5) is 11.6. The van der Waals surface area contributed by atoms with Gasteiger partial charge in [-0.3, -0.25) is 4.79 Å². The molecule has 0 amide bonds. The number of unbranched alkanes of at least 4 members (excludes halogenated alkanes) is 13. The van der Waals surface area contributed by atoms with Gasteiger partial charge < -0.3 is 4.74 Å². The van der Waals surface area contributed by atoms with Crippen LogP contribution in [0.5, 0.6) is 0 Å². The van der Waals surface area contributed by atoms with Gasteiger partial charge in [0.1, 0.15) is 0 Å². The molecule has 0 aliphatic heterocycles. The Balaban J connectivity index is 0. The van der Waals surface area contributed by atoms with E-state index in [0.717, 1.165) is 12.8 Å². The van der Waals surface area contributed by atoms with Gasteiger partial charge in [0.2, 0.25) is 0 Å². The number of rotatable bonds is 17. The maximum Gasteiger partial charge on any atom is 0.305 e. The monoisotopic (exact) mass is 432 g/mol. The zero-order chi connectivity index (χ0) is 16.3. The molecule has 136 valence electrons. The van der Waals surface area contributed by atoms with Crippen molar-refractivity contribution in [2.75, 3.05) is 6.61 Å². The number of carbonyl (C=O) groups excluding carboxylic acids is 1. The molecule has 3 heteroatoms. The van der Waals surface area contributed by atoms with E-state index in [4.69, 9.17) is 4.74 Å². The maximum atomic E-state index is 11.6. The van der Waals surface area contributed by atoms with Crippen molar-refractivity contribution in [2.24, 2.45) is 0 Å². The van der Waals surface area contributed by atoms with Gasteiger partial charge in [-0.2, -0.15) is 0 Å². The summed E-state index contributed by atoms with van der Waals surface area (Å²) in [6.07, 6.45) is 19.7. The Bertz CT molecular complexity index is 232. The van der Waals surface area contributed by atoms with Crippen LogP contribution >= 0.6 is 0 Å². The first kappa shape index (κ1) is 25.5. The van der Waals surface area contributed by atoms with E-state index in [-0.39, 0.29) is 29.9 Å². The van der Waals surface area contributed by atoms with Crippen molar-refractivity contribution in [2.45, 2.75) is 117 Å². The first-order chi connectivity index (χ1) is 10.8. The van der Waals surface area contributed by atoms with Crippen molar-refractivity contribution in [3.63, 3.8) is 0 Å². The van der Waals surface area contributed by atoms with Gasteiger partial charge in [-0.05, 0) is 12.8 Å². The van der Waals surface area contributed by atoms with Crippen molar-refractivity contribution in [3.05, 3.63) is 0 Å². The molecule has 2 nitrogen and oxygen atoms in total. The van der Waals surface area contributed by atoms with Crippen molar-refractivity contribution in [1.29, 1.82) is 0 Å². The number of ether oxygens (including phenoxy) is 1. The standard InChI is InChI=1S/C20H40O2.Sn/c1-3-5-7-9-11-12-13-14-16-18-20(21)22-19-17-15-10-8-6-4-2;/h3-19H2,1-2H3;. The first-order valence-electron chi connectivity index (χ1n) is 9.96. The van der Waals surface area contributed by atoms with Crippen molar-refractivity contribution in [3.8, 4) is 0 Å². The summed E-state index contributed by atoms with van der Waals surface area (Å²) >= 11 is 0. The van der Waals surface area contributed by atoms with Crippen molar-refractivity contribution >= 4 is 29.9 Å². The molecule has 23 heavy (non-hydrogen) atoms. The molecule has 0 aliphatic carbocycles. The maximum absolute atomic E-state index is 11.6. The molecule has 0 heterocycles. The van der Waals surface area contributed by atoms with Crippen LogP contribution in [0.2, 0.25) is 0 Å². The van der Waals surface area contributed by atoms with Crippen LogP contribution in [0.25, 0.3) is 0 Å². The van der Waals surface area contributed by atoms with E-state index in [9.17, 15) is 4.79 Å². The van der Waals surface area contributed by atoms with Crippen molar-refractivity contribution < 1.29 is 9.53 Å². The third-order valence-electron chi connectivity index (χ3n) is 4.25. The average Bonchev–Trinajstić information content (AvgIpc) is 2.52. The molecule has 4 radical (unpaired) electrons. The molecule has 0 saturated heterocycles. The van der Waals surface area contributed by atoms with E-state index in [1.807, 2.05) is 0 Å². The fourth-order valence-electron chi connectivity index (χ4n) is 2.72. The van der Waals surface area contributed by atoms with E-state index in [2.05, 4.69) is 13.8 Å². The molecule has 0 rings (SSSR count). The Morgan fingerprint density at radius 3 is 1.48 bits per heavy atom. The number of esters is 1. The Morgan fingerprint density at radius 1 is 0.609 bits per heavy atom. The predicted molar refractivity (Wildman–Crippen MR) is 102 cm³/mol. The smallest absolute Gasteiger partial charge is 0.305 e. The quantitative estimate of drug-likeness (QED) is 0.151. The van der Waals surface area contributed by atoms with Gasteiger partial charge in [0.05, 0.1) is 6.61 Å². The Hall–Kier alpha value is 0.269. The van der Waals surface area contributed by atoms with Crippen LogP contribution in [-0.4, -0.2) is 36.5 Å². The SMILES string of the molecule is CCCCCCCCCCCC(=O)OCCCCCCCC.[Sn]. The van der Waals surface area contributed by atoms with Crippen LogP contribution in [0.1, 0.15) is 117 Å². The summed E-state index contributed by atoms with van der Waals surface area (Å²) in [5, 5.41) is 0. The summed E-state index contributed by atoms with van der Waals surface area (Å²) in [6.45, 7) is 5.11. The van der Waals surface area contributed by atoms with Crippen LogP contribution in [0.15, 0.2) is 0 Å². The van der Waals surface area contributed by atoms with Gasteiger partial charge in [-0.1, -0.05) is 97.3 Å². The molecular formula is C20H40O2Sn. The molecule has 0 bridgehead atoms. The van der Waals surface area contributed by atoms with Gasteiger partial charge >= 0.3 is 5.97 Å². The molecule has 0 aliphatic rings. The Kier molecular flexibility index (Phi) is 24.7. The molecular weight excluding hydrogens is 391 g/mol. The van der Waals surface area contributed by atoms with E-state index in [1.54, 1.807) is 0 Å². The Labute approximate surface area is 162 Å². The second-order valence-corrected chi connectivity index (χ2v) is 6.57. The minimum absolute atomic E-state index is 0. The second kappa shape index (κ2) is 22.3. The van der Waals surface area contributed by atoms with Crippen LogP contribution in [0, 0.1) is 0 Å². The predicted octanol–water partition coefficient (Wildman–Crippen LogP) is 6.43. The minimum Gasteiger partial charge on any atom is -0.466 e. The van der Waals surface area contributed by atoms with E-state index < -0.39 is 0 Å². The molecule has 0 aromatic carbocycles. The minimum atomic E-state index is 0. The largest absolute Gasteiger partial charge is 0.466 e. The third kappa shape index (κ3) is 22.3. The summed E-state index contributed by atoms with van der Waals surface area (Å²) in [6, 6.07) is 0. The van der Waals surface area contributed by atoms with Gasteiger partial charge in [-0.15, -0.1) is 0 Å². The molecule has 0 saturated carbocycles. The molecule has 0 unspecified atom stereocenters. The van der Waals surface area contributed by atoms with E-state index in [0.29, 0.717) is 13.0 Å². The van der Waals surface area contributed by atoms with Gasteiger partial charge in [0.15, 0.2) is 0 Å². The zero-order valence-electron chi connectivity index (χ0n) is 15.8. The molecule has 0 fully saturated rings. The van der Waals surface area contributed by atoms with Crippen molar-refractivity contribution in [1.82, 2.24) is 0 Å². The molecule has 0 aromatic rings. The summed E-state index contributed by atoms with van der Waals surface area (Å²) < 4.78 is 5.28. The fourth-order valence-corrected chi connectivity index (χ4v) is 2.72. The molecule has 0 atom stereocenters. The summed E-state index contributed by atoms with van der Waals surface area (Å²) in [5.74, 6) is 0.0107. The third-order valence-corrected chi connectivity index (χ3v) is 4.25. The van der Waals surface area contributed by atoms with Crippen LogP contribution < -0.4 is 0 Å². The number of carbonyl (C=O) groups is 1. The zero-order valence-corrected chi connectivity index (χ0v) is 18.7. The normalized spacial score (nSPS) is 10.3. The summed E-state index contributed by atoms with van der Waals surface area (Å²) in [7, 11) is 0. The van der Waals surface area contributed by atoms with Gasteiger partial charge in [0.25, 0.3) is 0 Å². The Morgan fingerprint density at radius 2 is 1.00 bits per heavy atom. The molecule has 0 aromatic heterocycles. The molecule has 0 spiro atoms. The number of hydrogen-bond donors (Lipinski definition) is 0. The second-order valence-electron chi connectivity index (χ2n) is 6.57. The van der Waals surface area contributed by atoms with E-state index in [1.165, 1.54) is 83.5 Å². The van der Waals surface area contributed by atoms with E-state index >= 15 is 0 Å². The van der Waals surface area contributed by atoms with Crippen LogP contribution in [-0.2, 0) is 9.53 Å². The van der Waals surface area contributed by atoms with Crippen LogP contribution in [0.3, 0.4) is 0 Å². The molecule has 0 N–H and O–H groups in total. The topological polar surface area (TPSA) is 26.3 Å². The summed E-state index contributed by atoms with van der Waals surface area (Å²) in [5.41, 5.74) is 0.